The van der Waals surface area contributed by atoms with Crippen LogP contribution in [0.3, 0.4) is 0 Å². The van der Waals surface area contributed by atoms with Crippen molar-refractivity contribution in [2.45, 2.75) is 13.0 Å². The third-order valence-corrected chi connectivity index (χ3v) is 3.43. The molecule has 0 saturated carbocycles. The Morgan fingerprint density at radius 1 is 1.25 bits per heavy atom. The van der Waals surface area contributed by atoms with Gasteiger partial charge in [0.1, 0.15) is 5.82 Å². The second-order valence-corrected chi connectivity index (χ2v) is 4.84. The molecule has 1 saturated heterocycles. The normalized spacial score (nSPS) is 17.6. The zero-order chi connectivity index (χ0) is 14.7. The van der Waals surface area contributed by atoms with Gasteiger partial charge in [0, 0.05) is 19.1 Å². The van der Waals surface area contributed by atoms with E-state index in [1.165, 1.54) is 21.9 Å². The first kappa shape index (κ1) is 14.5. The van der Waals surface area contributed by atoms with Crippen molar-refractivity contribution in [1.29, 1.82) is 0 Å². The highest BCUT2D eigenvalue weighted by Gasteiger charge is 2.29. The van der Waals surface area contributed by atoms with E-state index in [1.807, 2.05) is 6.92 Å². The zero-order valence-corrected chi connectivity index (χ0v) is 11.4. The summed E-state index contributed by atoms with van der Waals surface area (Å²) in [7, 11) is 0. The van der Waals surface area contributed by atoms with Crippen LogP contribution in [0.5, 0.6) is 0 Å². The molecule has 1 aliphatic rings. The molecule has 1 aromatic carbocycles. The molecule has 20 heavy (non-hydrogen) atoms. The van der Waals surface area contributed by atoms with Gasteiger partial charge in [0.2, 0.25) is 11.8 Å². The summed E-state index contributed by atoms with van der Waals surface area (Å²) in [6.07, 6.45) is 0. The number of benzene rings is 1. The Hall–Kier alpha value is -1.95. The van der Waals surface area contributed by atoms with Gasteiger partial charge < -0.3 is 15.5 Å². The minimum atomic E-state index is -0.504. The third kappa shape index (κ3) is 3.14. The number of likely N-dealkylation sites (N-methyl/N-ethyl adjacent to an activating group) is 1. The molecule has 0 aliphatic carbocycles. The predicted molar refractivity (Wildman–Crippen MR) is 72.2 cm³/mol. The van der Waals surface area contributed by atoms with Gasteiger partial charge in [-0.2, -0.15) is 0 Å². The Bertz CT molecular complexity index is 521. The maximum atomic E-state index is 13.1. The average molecular weight is 279 g/mol. The first-order valence-corrected chi connectivity index (χ1v) is 6.58. The van der Waals surface area contributed by atoms with Crippen molar-refractivity contribution in [3.63, 3.8) is 0 Å². The summed E-state index contributed by atoms with van der Waals surface area (Å²) < 4.78 is 13.1. The summed E-state index contributed by atoms with van der Waals surface area (Å²) in [4.78, 5) is 26.7. The lowest BCUT2D eigenvalue weighted by atomic mass is 10.1. The molecule has 6 heteroatoms. The molecule has 108 valence electrons. The highest BCUT2D eigenvalue weighted by atomic mass is 19.1. The molecule has 1 atom stereocenters. The van der Waals surface area contributed by atoms with Crippen LogP contribution in [0.2, 0.25) is 0 Å². The van der Waals surface area contributed by atoms with Gasteiger partial charge in [-0.05, 0) is 24.6 Å². The van der Waals surface area contributed by atoms with Crippen LogP contribution in [-0.4, -0.2) is 47.8 Å². The number of piperazine rings is 1. The molecule has 0 radical (unpaired) electrons. The molecule has 1 aliphatic heterocycles. The monoisotopic (exact) mass is 279 g/mol. The molecular weight excluding hydrogens is 261 g/mol. The first-order chi connectivity index (χ1) is 9.51. The van der Waals surface area contributed by atoms with E-state index in [4.69, 9.17) is 5.73 Å². The molecule has 0 bridgehead atoms. The fraction of sp³-hybridized carbons (Fsp3) is 0.429. The zero-order valence-electron chi connectivity index (χ0n) is 11.4. The summed E-state index contributed by atoms with van der Waals surface area (Å²) in [6, 6.07) is 5.47. The fourth-order valence-electron chi connectivity index (χ4n) is 2.24. The Morgan fingerprint density at radius 3 is 2.55 bits per heavy atom. The van der Waals surface area contributed by atoms with E-state index in [9.17, 15) is 14.0 Å². The summed E-state index contributed by atoms with van der Waals surface area (Å²) >= 11 is 0. The lowest BCUT2D eigenvalue weighted by Gasteiger charge is -2.34. The number of carbonyl (C=O) groups excluding carboxylic acids is 2. The van der Waals surface area contributed by atoms with Crippen molar-refractivity contribution in [2.75, 3.05) is 26.2 Å². The van der Waals surface area contributed by atoms with Gasteiger partial charge in [-0.15, -0.1) is 0 Å². The van der Waals surface area contributed by atoms with Gasteiger partial charge in [0.15, 0.2) is 0 Å². The van der Waals surface area contributed by atoms with Gasteiger partial charge in [-0.25, -0.2) is 4.39 Å². The largest absolute Gasteiger partial charge is 0.332 e. The summed E-state index contributed by atoms with van der Waals surface area (Å²) in [6.45, 7) is 2.69. The van der Waals surface area contributed by atoms with Crippen LogP contribution >= 0.6 is 0 Å². The van der Waals surface area contributed by atoms with Crippen molar-refractivity contribution in [2.24, 2.45) is 5.73 Å². The number of nitrogens with zero attached hydrogens (tertiary/aromatic N) is 2. The lowest BCUT2D eigenvalue weighted by molar-refractivity contribution is -0.150. The van der Waals surface area contributed by atoms with E-state index in [0.717, 1.165) is 0 Å². The number of hydrogen-bond donors (Lipinski definition) is 1. The molecule has 2 rings (SSSR count). The van der Waals surface area contributed by atoms with Crippen LogP contribution < -0.4 is 5.73 Å². The molecule has 5 nitrogen and oxygen atoms in total. The highest BCUT2D eigenvalue weighted by molar-refractivity contribution is 5.92. The third-order valence-electron chi connectivity index (χ3n) is 3.43. The molecule has 1 unspecified atom stereocenters. The Balaban J connectivity index is 2.03. The van der Waals surface area contributed by atoms with E-state index < -0.39 is 6.04 Å². The first-order valence-electron chi connectivity index (χ1n) is 6.58. The van der Waals surface area contributed by atoms with Crippen LogP contribution in [0, 0.1) is 5.82 Å². The Labute approximate surface area is 117 Å². The number of rotatable bonds is 4. The second kappa shape index (κ2) is 6.00. The number of nitrogens with two attached hydrogens (primary N) is 1. The van der Waals surface area contributed by atoms with Gasteiger partial charge in [0.25, 0.3) is 0 Å². The minimum Gasteiger partial charge on any atom is -0.332 e. The number of amides is 2. The Kier molecular flexibility index (Phi) is 4.34. The number of carbonyl (C=O) groups is 2. The molecule has 1 aromatic rings. The molecule has 1 fully saturated rings. The molecule has 0 aromatic heterocycles. The smallest absolute Gasteiger partial charge is 0.242 e. The standard InChI is InChI=1S/C14H18FN3O2/c1-2-17-8-14(20)18(9-13(17)19)7-12(16)10-4-3-5-11(15)6-10/h3-6,12H,2,7-9,16H2,1H3. The van der Waals surface area contributed by atoms with Crippen molar-refractivity contribution in [3.05, 3.63) is 35.6 Å². The van der Waals surface area contributed by atoms with Crippen molar-refractivity contribution < 1.29 is 14.0 Å². The average Bonchev–Trinajstić information content (AvgIpc) is 2.42. The highest BCUT2D eigenvalue weighted by Crippen LogP contribution is 2.15. The minimum absolute atomic E-state index is 0.0374. The second-order valence-electron chi connectivity index (χ2n) is 4.84. The predicted octanol–water partition coefficient (Wildman–Crippen LogP) is 0.516. The van der Waals surface area contributed by atoms with E-state index in [1.54, 1.807) is 12.1 Å². The van der Waals surface area contributed by atoms with Crippen molar-refractivity contribution in [3.8, 4) is 0 Å². The fourth-order valence-corrected chi connectivity index (χ4v) is 2.24. The van der Waals surface area contributed by atoms with Crippen LogP contribution in [-0.2, 0) is 9.59 Å². The lowest BCUT2D eigenvalue weighted by Crippen LogP contribution is -2.54. The van der Waals surface area contributed by atoms with E-state index in [2.05, 4.69) is 0 Å². The molecule has 0 spiro atoms. The molecule has 1 heterocycles. The van der Waals surface area contributed by atoms with Crippen LogP contribution in [0.4, 0.5) is 4.39 Å². The van der Waals surface area contributed by atoms with Crippen LogP contribution in [0.1, 0.15) is 18.5 Å². The van der Waals surface area contributed by atoms with Crippen molar-refractivity contribution in [1.82, 2.24) is 9.80 Å². The van der Waals surface area contributed by atoms with E-state index in [0.29, 0.717) is 12.1 Å². The van der Waals surface area contributed by atoms with Crippen LogP contribution in [0.25, 0.3) is 0 Å². The van der Waals surface area contributed by atoms with E-state index in [-0.39, 0.29) is 37.3 Å². The molecule has 2 N–H and O–H groups in total. The van der Waals surface area contributed by atoms with Gasteiger partial charge in [-0.1, -0.05) is 12.1 Å². The summed E-state index contributed by atoms with van der Waals surface area (Å²) in [5.41, 5.74) is 6.60. The van der Waals surface area contributed by atoms with Crippen LogP contribution in [0.15, 0.2) is 24.3 Å². The number of hydrogen-bond acceptors (Lipinski definition) is 3. The topological polar surface area (TPSA) is 66.6 Å². The summed E-state index contributed by atoms with van der Waals surface area (Å²) in [5.74, 6) is -0.576. The molecular formula is C14H18FN3O2. The van der Waals surface area contributed by atoms with Crippen molar-refractivity contribution >= 4 is 11.8 Å². The maximum Gasteiger partial charge on any atom is 0.242 e. The van der Waals surface area contributed by atoms with Gasteiger partial charge >= 0.3 is 0 Å². The summed E-state index contributed by atoms with van der Waals surface area (Å²) in [5, 5.41) is 0. The SMILES string of the molecule is CCN1CC(=O)N(CC(N)c2cccc(F)c2)CC1=O. The molecule has 2 amide bonds. The maximum absolute atomic E-state index is 13.1. The van der Waals surface area contributed by atoms with Gasteiger partial charge in [-0.3, -0.25) is 9.59 Å². The number of halogens is 1. The Morgan fingerprint density at radius 2 is 1.90 bits per heavy atom. The quantitative estimate of drug-likeness (QED) is 0.873. The van der Waals surface area contributed by atoms with E-state index >= 15 is 0 Å². The van der Waals surface area contributed by atoms with Gasteiger partial charge in [0.05, 0.1) is 13.1 Å².